The van der Waals surface area contributed by atoms with Crippen molar-refractivity contribution in [3.05, 3.63) is 77.3 Å². The van der Waals surface area contributed by atoms with E-state index in [4.69, 9.17) is 8.94 Å². The second-order valence-electron chi connectivity index (χ2n) is 6.94. The van der Waals surface area contributed by atoms with Gasteiger partial charge in [-0.05, 0) is 51.2 Å². The molecule has 3 aromatic heterocycles. The maximum atomic E-state index is 13.7. The van der Waals surface area contributed by atoms with Gasteiger partial charge in [-0.15, -0.1) is 0 Å². The number of aryl methyl sites for hydroxylation is 2. The van der Waals surface area contributed by atoms with Crippen molar-refractivity contribution < 1.29 is 13.3 Å². The molecule has 28 heavy (non-hydrogen) atoms. The summed E-state index contributed by atoms with van der Waals surface area (Å²) in [4.78, 5) is 2.10. The third-order valence-electron chi connectivity index (χ3n) is 4.38. The molecule has 0 atom stereocenters. The lowest BCUT2D eigenvalue weighted by Crippen LogP contribution is -2.17. The van der Waals surface area contributed by atoms with Crippen LogP contribution in [0.3, 0.4) is 0 Å². The van der Waals surface area contributed by atoms with E-state index in [0.717, 1.165) is 28.5 Å². The summed E-state index contributed by atoms with van der Waals surface area (Å²) >= 11 is 0. The Hall–Kier alpha value is -3.19. The lowest BCUT2D eigenvalue weighted by molar-refractivity contribution is 0.266. The molecule has 0 spiro atoms. The van der Waals surface area contributed by atoms with Crippen LogP contribution in [0.15, 0.2) is 57.6 Å². The number of aromatic nitrogens is 3. The monoisotopic (exact) mass is 380 g/mol. The van der Waals surface area contributed by atoms with E-state index in [1.807, 2.05) is 51.4 Å². The molecule has 6 nitrogen and oxygen atoms in total. The molecule has 0 bridgehead atoms. The summed E-state index contributed by atoms with van der Waals surface area (Å²) in [6.45, 7) is 5.02. The Kier molecular flexibility index (Phi) is 4.83. The first kappa shape index (κ1) is 18.2. The van der Waals surface area contributed by atoms with Gasteiger partial charge in [0.05, 0.1) is 17.9 Å². The second-order valence-corrected chi connectivity index (χ2v) is 6.94. The number of halogens is 1. The highest BCUT2D eigenvalue weighted by Gasteiger charge is 2.17. The van der Waals surface area contributed by atoms with Crippen molar-refractivity contribution in [3.63, 3.8) is 0 Å². The van der Waals surface area contributed by atoms with Crippen molar-refractivity contribution in [2.45, 2.75) is 26.9 Å². The maximum absolute atomic E-state index is 13.7. The van der Waals surface area contributed by atoms with E-state index in [9.17, 15) is 4.39 Å². The Morgan fingerprint density at radius 1 is 1.11 bits per heavy atom. The fourth-order valence-corrected chi connectivity index (χ4v) is 3.15. The summed E-state index contributed by atoms with van der Waals surface area (Å²) in [7, 11) is 1.99. The molecule has 3 heterocycles. The zero-order valence-corrected chi connectivity index (χ0v) is 16.0. The van der Waals surface area contributed by atoms with Gasteiger partial charge < -0.3 is 8.94 Å². The zero-order chi connectivity index (χ0) is 19.7. The van der Waals surface area contributed by atoms with E-state index in [1.165, 1.54) is 12.1 Å². The predicted octanol–water partition coefficient (Wildman–Crippen LogP) is 4.51. The number of rotatable bonds is 6. The molecule has 144 valence electrons. The number of furan rings is 1. The van der Waals surface area contributed by atoms with Gasteiger partial charge in [-0.2, -0.15) is 5.10 Å². The van der Waals surface area contributed by atoms with E-state index in [-0.39, 0.29) is 5.82 Å². The third-order valence-corrected chi connectivity index (χ3v) is 4.38. The topological polar surface area (TPSA) is 60.2 Å². The summed E-state index contributed by atoms with van der Waals surface area (Å²) < 4.78 is 26.4. The molecular weight excluding hydrogens is 359 g/mol. The molecule has 1 aromatic carbocycles. The van der Waals surface area contributed by atoms with Crippen LogP contribution in [0, 0.1) is 19.7 Å². The molecule has 7 heteroatoms. The Labute approximate surface area is 162 Å². The highest BCUT2D eigenvalue weighted by Crippen LogP contribution is 2.27. The molecule has 0 unspecified atom stereocenters. The molecule has 0 radical (unpaired) electrons. The van der Waals surface area contributed by atoms with Crippen LogP contribution in [0.4, 0.5) is 4.39 Å². The third kappa shape index (κ3) is 3.89. The van der Waals surface area contributed by atoms with E-state index < -0.39 is 0 Å². The minimum absolute atomic E-state index is 0.303. The Bertz CT molecular complexity index is 1100. The van der Waals surface area contributed by atoms with Gasteiger partial charge in [0.2, 0.25) is 0 Å². The minimum atomic E-state index is -0.303. The summed E-state index contributed by atoms with van der Waals surface area (Å²) in [5, 5.41) is 8.59. The van der Waals surface area contributed by atoms with E-state index in [1.54, 1.807) is 10.7 Å². The van der Waals surface area contributed by atoms with Gasteiger partial charge in [-0.25, -0.2) is 9.07 Å². The highest BCUT2D eigenvalue weighted by molar-refractivity contribution is 5.57. The van der Waals surface area contributed by atoms with Crippen LogP contribution in [-0.4, -0.2) is 26.9 Å². The maximum Gasteiger partial charge on any atom is 0.154 e. The van der Waals surface area contributed by atoms with Crippen LogP contribution in [-0.2, 0) is 13.1 Å². The number of hydrogen-bond donors (Lipinski definition) is 0. The first-order chi connectivity index (χ1) is 13.5. The van der Waals surface area contributed by atoms with Crippen molar-refractivity contribution >= 4 is 0 Å². The zero-order valence-electron chi connectivity index (χ0n) is 16.0. The van der Waals surface area contributed by atoms with Crippen LogP contribution in [0.5, 0.6) is 0 Å². The van der Waals surface area contributed by atoms with Crippen molar-refractivity contribution in [2.75, 3.05) is 7.05 Å². The van der Waals surface area contributed by atoms with E-state index in [0.29, 0.717) is 24.5 Å². The van der Waals surface area contributed by atoms with Gasteiger partial charge in [0.15, 0.2) is 11.5 Å². The average Bonchev–Trinajstić information content (AvgIpc) is 3.35. The molecular formula is C21H21FN4O2. The lowest BCUT2D eigenvalue weighted by Gasteiger charge is -2.14. The van der Waals surface area contributed by atoms with Crippen molar-refractivity contribution in [1.29, 1.82) is 0 Å². The second kappa shape index (κ2) is 7.44. The first-order valence-corrected chi connectivity index (χ1v) is 9.00. The highest BCUT2D eigenvalue weighted by atomic mass is 19.1. The van der Waals surface area contributed by atoms with Crippen LogP contribution >= 0.6 is 0 Å². The number of benzene rings is 1. The van der Waals surface area contributed by atoms with Crippen LogP contribution in [0.25, 0.3) is 17.1 Å². The van der Waals surface area contributed by atoms with Crippen molar-refractivity contribution in [3.8, 4) is 17.1 Å². The molecule has 0 aliphatic heterocycles. The quantitative estimate of drug-likeness (QED) is 0.493. The number of hydrogen-bond acceptors (Lipinski definition) is 5. The molecule has 4 rings (SSSR count). The summed E-state index contributed by atoms with van der Waals surface area (Å²) in [5.41, 5.74) is 3.22. The fraction of sp³-hybridized carbons (Fsp3) is 0.238. The van der Waals surface area contributed by atoms with Crippen LogP contribution in [0.2, 0.25) is 0 Å². The van der Waals surface area contributed by atoms with Gasteiger partial charge in [0.1, 0.15) is 17.3 Å². The summed E-state index contributed by atoms with van der Waals surface area (Å²) in [5.74, 6) is 1.99. The van der Waals surface area contributed by atoms with E-state index >= 15 is 0 Å². The molecule has 0 saturated carbocycles. The number of nitrogens with zero attached hydrogens (tertiary/aromatic N) is 4. The minimum Gasteiger partial charge on any atom is -0.460 e. The predicted molar refractivity (Wildman–Crippen MR) is 102 cm³/mol. The molecule has 4 aromatic rings. The molecule has 0 amide bonds. The smallest absolute Gasteiger partial charge is 0.154 e. The van der Waals surface area contributed by atoms with Crippen LogP contribution in [0.1, 0.15) is 22.8 Å². The van der Waals surface area contributed by atoms with Crippen LogP contribution < -0.4 is 0 Å². The molecule has 0 aliphatic rings. The molecule has 0 fully saturated rings. The van der Waals surface area contributed by atoms with Gasteiger partial charge in [-0.3, -0.25) is 4.90 Å². The Morgan fingerprint density at radius 3 is 2.64 bits per heavy atom. The summed E-state index contributed by atoms with van der Waals surface area (Å²) in [6.07, 6.45) is 1.91. The van der Waals surface area contributed by atoms with Gasteiger partial charge in [0.25, 0.3) is 0 Å². The molecule has 0 aliphatic carbocycles. The normalized spacial score (nSPS) is 11.5. The molecule has 0 N–H and O–H groups in total. The fourth-order valence-electron chi connectivity index (χ4n) is 3.15. The van der Waals surface area contributed by atoms with Gasteiger partial charge >= 0.3 is 0 Å². The SMILES string of the molecule is Cc1cc(CN(C)Cc2cn(-c3cccc(F)c3)nc2-c2ccc(C)o2)on1. The average molecular weight is 380 g/mol. The molecule has 0 saturated heterocycles. The van der Waals surface area contributed by atoms with Crippen molar-refractivity contribution in [2.24, 2.45) is 0 Å². The van der Waals surface area contributed by atoms with Gasteiger partial charge in [0, 0.05) is 24.4 Å². The standard InChI is InChI=1S/C21H21FN4O2/c1-14-9-19(28-24-14)13-25(3)11-16-12-26(18-6-4-5-17(22)10-18)23-21(16)20-8-7-15(2)27-20/h4-10,12H,11,13H2,1-3H3. The Morgan fingerprint density at radius 2 is 1.96 bits per heavy atom. The Balaban J connectivity index is 1.66. The summed E-state index contributed by atoms with van der Waals surface area (Å²) in [6, 6.07) is 12.1. The van der Waals surface area contributed by atoms with Gasteiger partial charge in [-0.1, -0.05) is 11.2 Å². The van der Waals surface area contributed by atoms with Crippen molar-refractivity contribution in [1.82, 2.24) is 19.8 Å². The largest absolute Gasteiger partial charge is 0.460 e. The first-order valence-electron chi connectivity index (χ1n) is 9.00. The lowest BCUT2D eigenvalue weighted by atomic mass is 10.2. The van der Waals surface area contributed by atoms with E-state index in [2.05, 4.69) is 15.2 Å².